The average Bonchev–Trinajstić information content (AvgIpc) is 2.07. The third-order valence-electron chi connectivity index (χ3n) is 1.82. The molecule has 0 spiro atoms. The van der Waals surface area contributed by atoms with Crippen molar-refractivity contribution >= 4 is 12.0 Å². The minimum atomic E-state index is -1.29. The maximum Gasteiger partial charge on any atom is 0.414 e. The summed E-state index contributed by atoms with van der Waals surface area (Å²) in [7, 11) is 0. The van der Waals surface area contributed by atoms with Gasteiger partial charge in [-0.2, -0.15) is 0 Å². The van der Waals surface area contributed by atoms with E-state index in [0.29, 0.717) is 4.90 Å². The first-order valence-corrected chi connectivity index (χ1v) is 3.27. The zero-order valence-electron chi connectivity index (χ0n) is 6.02. The van der Waals surface area contributed by atoms with Gasteiger partial charge in [0.15, 0.2) is 0 Å². The van der Waals surface area contributed by atoms with E-state index in [-0.39, 0.29) is 6.42 Å². The normalized spacial score (nSPS) is 31.1. The highest BCUT2D eigenvalue weighted by molar-refractivity contribution is 5.93. The number of rotatable bonds is 0. The lowest BCUT2D eigenvalue weighted by Crippen LogP contribution is -2.38. The Bertz CT molecular complexity index is 203. The molecule has 62 valence electrons. The fourth-order valence-electron chi connectivity index (χ4n) is 1.13. The predicted molar refractivity (Wildman–Crippen MR) is 35.0 cm³/mol. The van der Waals surface area contributed by atoms with Crippen LogP contribution in [0.4, 0.5) is 4.79 Å². The molecule has 2 unspecified atom stereocenters. The highest BCUT2D eigenvalue weighted by atomic mass is 16.4. The number of hydrogen-bond acceptors (Lipinski definition) is 3. The van der Waals surface area contributed by atoms with Crippen molar-refractivity contribution in [2.45, 2.75) is 25.5 Å². The quantitative estimate of drug-likeness (QED) is 0.506. The van der Waals surface area contributed by atoms with Gasteiger partial charge >= 0.3 is 6.09 Å². The van der Waals surface area contributed by atoms with Crippen LogP contribution in [0, 0.1) is 0 Å². The SMILES string of the molecule is CC1C(O)CC(=O)N1C(=O)O. The Morgan fingerprint density at radius 2 is 2.27 bits per heavy atom. The van der Waals surface area contributed by atoms with Crippen LogP contribution in [0.3, 0.4) is 0 Å². The maximum atomic E-state index is 10.8. The van der Waals surface area contributed by atoms with Crippen molar-refractivity contribution in [1.82, 2.24) is 4.90 Å². The van der Waals surface area contributed by atoms with Gasteiger partial charge in [0.2, 0.25) is 5.91 Å². The van der Waals surface area contributed by atoms with Crippen LogP contribution in [0.25, 0.3) is 0 Å². The zero-order chi connectivity index (χ0) is 8.59. The number of aliphatic hydroxyl groups is 1. The number of carboxylic acid groups (broad SMARTS) is 1. The molecule has 1 aliphatic heterocycles. The molecule has 0 saturated carbocycles. The number of carbonyl (C=O) groups is 2. The van der Waals surface area contributed by atoms with Crippen LogP contribution in [0.1, 0.15) is 13.3 Å². The summed E-state index contributed by atoms with van der Waals surface area (Å²) in [5.74, 6) is -0.530. The van der Waals surface area contributed by atoms with Crippen molar-refractivity contribution in [1.29, 1.82) is 0 Å². The Labute approximate surface area is 63.2 Å². The zero-order valence-corrected chi connectivity index (χ0v) is 6.02. The molecule has 0 radical (unpaired) electrons. The number of aliphatic hydroxyl groups excluding tert-OH is 1. The highest BCUT2D eigenvalue weighted by Crippen LogP contribution is 2.18. The first-order chi connectivity index (χ1) is 5.04. The average molecular weight is 159 g/mol. The van der Waals surface area contributed by atoms with Crippen LogP contribution in [-0.4, -0.2) is 39.3 Å². The Kier molecular flexibility index (Phi) is 1.82. The Morgan fingerprint density at radius 1 is 1.73 bits per heavy atom. The second-order valence-electron chi connectivity index (χ2n) is 2.56. The van der Waals surface area contributed by atoms with Gasteiger partial charge in [-0.25, -0.2) is 9.69 Å². The van der Waals surface area contributed by atoms with E-state index in [1.54, 1.807) is 0 Å². The summed E-state index contributed by atoms with van der Waals surface area (Å²) in [5, 5.41) is 17.5. The molecule has 2 N–H and O–H groups in total. The van der Waals surface area contributed by atoms with Crippen LogP contribution in [0.5, 0.6) is 0 Å². The lowest BCUT2D eigenvalue weighted by molar-refractivity contribution is -0.126. The molecule has 0 aromatic carbocycles. The van der Waals surface area contributed by atoms with Crippen molar-refractivity contribution in [2.75, 3.05) is 0 Å². The van der Waals surface area contributed by atoms with E-state index in [4.69, 9.17) is 10.2 Å². The molecule has 1 rings (SSSR count). The first kappa shape index (κ1) is 8.00. The third kappa shape index (κ3) is 1.19. The van der Waals surface area contributed by atoms with Crippen LogP contribution in [0.2, 0.25) is 0 Å². The minimum absolute atomic E-state index is 0.0898. The molecule has 5 heteroatoms. The van der Waals surface area contributed by atoms with Crippen LogP contribution in [-0.2, 0) is 4.79 Å². The number of carbonyl (C=O) groups excluding carboxylic acids is 1. The van der Waals surface area contributed by atoms with Gasteiger partial charge in [-0.15, -0.1) is 0 Å². The fourth-order valence-corrected chi connectivity index (χ4v) is 1.13. The van der Waals surface area contributed by atoms with Crippen molar-refractivity contribution in [2.24, 2.45) is 0 Å². The third-order valence-corrected chi connectivity index (χ3v) is 1.82. The molecule has 0 aliphatic carbocycles. The molecule has 2 amide bonds. The van der Waals surface area contributed by atoms with Gasteiger partial charge in [0.05, 0.1) is 18.6 Å². The molecule has 1 aliphatic rings. The molecular formula is C6H9NO4. The molecule has 1 heterocycles. The van der Waals surface area contributed by atoms with E-state index in [1.165, 1.54) is 6.92 Å². The molecule has 11 heavy (non-hydrogen) atoms. The van der Waals surface area contributed by atoms with Crippen molar-refractivity contribution in [3.8, 4) is 0 Å². The van der Waals surface area contributed by atoms with E-state index in [9.17, 15) is 9.59 Å². The van der Waals surface area contributed by atoms with E-state index >= 15 is 0 Å². The number of likely N-dealkylation sites (tertiary alicyclic amines) is 1. The summed E-state index contributed by atoms with van der Waals surface area (Å²) in [6.45, 7) is 1.50. The molecule has 0 aromatic heterocycles. The molecule has 0 aromatic rings. The largest absolute Gasteiger partial charge is 0.465 e. The van der Waals surface area contributed by atoms with Crippen molar-refractivity contribution in [3.05, 3.63) is 0 Å². The number of imide groups is 1. The predicted octanol–water partition coefficient (Wildman–Crippen LogP) is -0.354. The van der Waals surface area contributed by atoms with Gasteiger partial charge in [0.1, 0.15) is 0 Å². The molecule has 2 atom stereocenters. The number of nitrogens with zero attached hydrogens (tertiary/aromatic N) is 1. The number of amides is 2. The summed E-state index contributed by atoms with van der Waals surface area (Å²) < 4.78 is 0. The van der Waals surface area contributed by atoms with Crippen LogP contribution < -0.4 is 0 Å². The second-order valence-corrected chi connectivity index (χ2v) is 2.56. The molecule has 0 bridgehead atoms. The van der Waals surface area contributed by atoms with E-state index in [1.807, 2.05) is 0 Å². The van der Waals surface area contributed by atoms with Crippen molar-refractivity contribution < 1.29 is 19.8 Å². The molecule has 1 fully saturated rings. The lowest BCUT2D eigenvalue weighted by Gasteiger charge is -2.16. The standard InChI is InChI=1S/C6H9NO4/c1-3-4(8)2-5(9)7(3)6(10)11/h3-4,8H,2H2,1H3,(H,10,11). The molecule has 1 saturated heterocycles. The minimum Gasteiger partial charge on any atom is -0.465 e. The van der Waals surface area contributed by atoms with E-state index < -0.39 is 24.1 Å². The van der Waals surface area contributed by atoms with Gasteiger partial charge < -0.3 is 10.2 Å². The summed E-state index contributed by atoms with van der Waals surface area (Å²) in [6, 6.07) is -0.611. The summed E-state index contributed by atoms with van der Waals surface area (Å²) in [6.07, 6.45) is -2.23. The van der Waals surface area contributed by atoms with E-state index in [2.05, 4.69) is 0 Å². The summed E-state index contributed by atoms with van der Waals surface area (Å²) in [5.41, 5.74) is 0. The van der Waals surface area contributed by atoms with Crippen molar-refractivity contribution in [3.63, 3.8) is 0 Å². The van der Waals surface area contributed by atoms with E-state index in [0.717, 1.165) is 0 Å². The molecular weight excluding hydrogens is 150 g/mol. The molecule has 5 nitrogen and oxygen atoms in total. The summed E-state index contributed by atoms with van der Waals surface area (Å²) >= 11 is 0. The van der Waals surface area contributed by atoms with Gasteiger partial charge in [-0.3, -0.25) is 4.79 Å². The lowest BCUT2D eigenvalue weighted by atomic mass is 10.2. The van der Waals surface area contributed by atoms with Gasteiger partial charge in [-0.1, -0.05) is 0 Å². The topological polar surface area (TPSA) is 77.8 Å². The van der Waals surface area contributed by atoms with Gasteiger partial charge in [-0.05, 0) is 6.92 Å². The summed E-state index contributed by atoms with van der Waals surface area (Å²) in [4.78, 5) is 21.8. The van der Waals surface area contributed by atoms with Crippen LogP contribution in [0.15, 0.2) is 0 Å². The van der Waals surface area contributed by atoms with Crippen LogP contribution >= 0.6 is 0 Å². The van der Waals surface area contributed by atoms with Gasteiger partial charge in [0, 0.05) is 0 Å². The Hall–Kier alpha value is -1.10. The fraction of sp³-hybridized carbons (Fsp3) is 0.667. The second kappa shape index (κ2) is 2.50. The monoisotopic (exact) mass is 159 g/mol. The Morgan fingerprint density at radius 3 is 2.45 bits per heavy atom. The van der Waals surface area contributed by atoms with Gasteiger partial charge in [0.25, 0.3) is 0 Å². The maximum absolute atomic E-state index is 10.8. The highest BCUT2D eigenvalue weighted by Gasteiger charge is 2.39. The smallest absolute Gasteiger partial charge is 0.414 e. The Balaban J connectivity index is 2.79. The number of hydrogen-bond donors (Lipinski definition) is 2. The first-order valence-electron chi connectivity index (χ1n) is 3.27.